The summed E-state index contributed by atoms with van der Waals surface area (Å²) in [7, 11) is 0. The highest BCUT2D eigenvalue weighted by molar-refractivity contribution is 7.98. The summed E-state index contributed by atoms with van der Waals surface area (Å²) in [4.78, 5) is 2.38. The van der Waals surface area contributed by atoms with Gasteiger partial charge in [-0.25, -0.2) is 0 Å². The van der Waals surface area contributed by atoms with Gasteiger partial charge in [0.2, 0.25) is 12.6 Å². The molecule has 0 amide bonds. The van der Waals surface area contributed by atoms with Crippen LogP contribution in [0.4, 0.5) is 0 Å². The van der Waals surface area contributed by atoms with Crippen molar-refractivity contribution in [3.63, 3.8) is 0 Å². The predicted molar refractivity (Wildman–Crippen MR) is 202 cm³/mol. The lowest BCUT2D eigenvalue weighted by Gasteiger charge is -2.31. The molecule has 0 fully saturated rings. The first-order valence-corrected chi connectivity index (χ1v) is 19.1. The Morgan fingerprint density at radius 1 is 0.571 bits per heavy atom. The summed E-state index contributed by atoms with van der Waals surface area (Å²) in [6, 6.07) is 25.0. The van der Waals surface area contributed by atoms with Crippen molar-refractivity contribution < 1.29 is 29.2 Å². The predicted octanol–water partition coefficient (Wildman–Crippen LogP) is 9.29. The van der Waals surface area contributed by atoms with Gasteiger partial charge in [-0.3, -0.25) is 0 Å². The highest BCUT2D eigenvalue weighted by Crippen LogP contribution is 2.39. The van der Waals surface area contributed by atoms with Crippen molar-refractivity contribution in [1.82, 2.24) is 0 Å². The van der Waals surface area contributed by atoms with Gasteiger partial charge in [0.1, 0.15) is 23.7 Å². The van der Waals surface area contributed by atoms with Crippen molar-refractivity contribution >= 4 is 23.5 Å². The van der Waals surface area contributed by atoms with Crippen molar-refractivity contribution in [1.29, 1.82) is 0 Å². The van der Waals surface area contributed by atoms with Crippen LogP contribution in [0.1, 0.15) is 72.2 Å². The van der Waals surface area contributed by atoms with Crippen LogP contribution in [0, 0.1) is 27.7 Å². The zero-order valence-corrected chi connectivity index (χ0v) is 32.1. The molecular formula is C41H52O6S2. The van der Waals surface area contributed by atoms with Crippen LogP contribution in [0.15, 0.2) is 82.6 Å². The summed E-state index contributed by atoms with van der Waals surface area (Å²) < 4.78 is 24.7. The fourth-order valence-corrected chi connectivity index (χ4v) is 6.55. The number of hydrogen-bond donors (Lipinski definition) is 2. The van der Waals surface area contributed by atoms with E-state index in [1.54, 1.807) is 37.4 Å². The lowest BCUT2D eigenvalue weighted by molar-refractivity contribution is -0.147. The average Bonchev–Trinajstić information content (AvgIpc) is 3.06. The first-order valence-electron chi connectivity index (χ1n) is 16.7. The molecule has 0 radical (unpaired) electrons. The topological polar surface area (TPSA) is 77.4 Å². The SMILES string of the molecule is CSc1ccc(COC(Oc2c(C)cc(C(C)(C)c3cc(C)c(OC(OCc4ccc(SC)cc4)C(C)O)c(C)c3)cc2C)C(C)O)cc1. The van der Waals surface area contributed by atoms with Crippen LogP contribution in [0.3, 0.4) is 0 Å². The van der Waals surface area contributed by atoms with E-state index in [1.165, 1.54) is 9.79 Å². The molecule has 4 rings (SSSR count). The third kappa shape index (κ3) is 10.1. The van der Waals surface area contributed by atoms with Gasteiger partial charge in [-0.1, -0.05) is 62.4 Å². The summed E-state index contributed by atoms with van der Waals surface area (Å²) in [6.45, 7) is 16.6. The largest absolute Gasteiger partial charge is 0.462 e. The lowest BCUT2D eigenvalue weighted by atomic mass is 9.76. The van der Waals surface area contributed by atoms with E-state index in [-0.39, 0.29) is 5.41 Å². The van der Waals surface area contributed by atoms with E-state index in [0.717, 1.165) is 44.5 Å². The molecule has 264 valence electrons. The molecule has 8 heteroatoms. The van der Waals surface area contributed by atoms with Gasteiger partial charge >= 0.3 is 0 Å². The molecule has 6 nitrogen and oxygen atoms in total. The van der Waals surface area contributed by atoms with Gasteiger partial charge in [-0.05, 0) is 123 Å². The maximum atomic E-state index is 10.5. The number of thioether (sulfide) groups is 2. The van der Waals surface area contributed by atoms with Crippen LogP contribution in [0.2, 0.25) is 0 Å². The number of aryl methyl sites for hydroxylation is 4. The lowest BCUT2D eigenvalue weighted by Crippen LogP contribution is -2.33. The molecule has 0 aromatic heterocycles. The molecule has 4 atom stereocenters. The Hall–Kier alpha value is -2.98. The summed E-state index contributed by atoms with van der Waals surface area (Å²) >= 11 is 3.39. The minimum Gasteiger partial charge on any atom is -0.462 e. The Balaban J connectivity index is 1.50. The number of aliphatic hydroxyl groups is 2. The Labute approximate surface area is 301 Å². The second-order valence-electron chi connectivity index (χ2n) is 13.3. The summed E-state index contributed by atoms with van der Waals surface area (Å²) in [5, 5.41) is 21.0. The van der Waals surface area contributed by atoms with E-state index in [0.29, 0.717) is 24.7 Å². The molecule has 0 saturated heterocycles. The van der Waals surface area contributed by atoms with Crippen LogP contribution >= 0.6 is 23.5 Å². The van der Waals surface area contributed by atoms with Gasteiger partial charge in [0.05, 0.1) is 13.2 Å². The third-order valence-corrected chi connectivity index (χ3v) is 10.3. The van der Waals surface area contributed by atoms with Crippen LogP contribution in [0.25, 0.3) is 0 Å². The van der Waals surface area contributed by atoms with Gasteiger partial charge < -0.3 is 29.2 Å². The summed E-state index contributed by atoms with van der Waals surface area (Å²) in [5.74, 6) is 1.42. The van der Waals surface area contributed by atoms with Gasteiger partial charge in [0.25, 0.3) is 0 Å². The van der Waals surface area contributed by atoms with Crippen LogP contribution in [-0.4, -0.2) is 47.5 Å². The second-order valence-corrected chi connectivity index (χ2v) is 15.0. The van der Waals surface area contributed by atoms with Gasteiger partial charge in [0, 0.05) is 15.2 Å². The second kappa shape index (κ2) is 17.3. The van der Waals surface area contributed by atoms with Gasteiger partial charge in [-0.2, -0.15) is 0 Å². The normalized spacial score (nSPS) is 14.3. The highest BCUT2D eigenvalue weighted by Gasteiger charge is 2.28. The number of hydrogen-bond acceptors (Lipinski definition) is 8. The number of aliphatic hydroxyl groups excluding tert-OH is 2. The Kier molecular flexibility index (Phi) is 13.7. The van der Waals surface area contributed by atoms with Crippen molar-refractivity contribution in [2.45, 2.75) is 109 Å². The molecule has 0 spiro atoms. The van der Waals surface area contributed by atoms with E-state index in [2.05, 4.69) is 62.4 Å². The molecule has 0 aliphatic rings. The van der Waals surface area contributed by atoms with Crippen LogP contribution in [0.5, 0.6) is 11.5 Å². The van der Waals surface area contributed by atoms with Gasteiger partial charge in [-0.15, -0.1) is 23.5 Å². The number of benzene rings is 4. The summed E-state index contributed by atoms with van der Waals surface area (Å²) in [5.41, 5.74) is 7.85. The first kappa shape index (κ1) is 38.8. The fraction of sp³-hybridized carbons (Fsp3) is 0.415. The van der Waals surface area contributed by atoms with E-state index in [4.69, 9.17) is 18.9 Å². The van der Waals surface area contributed by atoms with Crippen molar-refractivity contribution in [2.24, 2.45) is 0 Å². The standard InChI is InChI=1S/C41H52O6S2/c1-25-19-33(20-26(2)37(25)46-39(29(5)42)44-23-31-11-15-35(48-9)16-12-31)41(7,8)34-21-27(3)38(28(4)22-34)47-40(30(6)43)45-24-32-13-17-36(49-10)18-14-32/h11-22,29-30,39-40,42-43H,23-24H2,1-10H3. The van der Waals surface area contributed by atoms with Crippen LogP contribution in [-0.2, 0) is 28.1 Å². The van der Waals surface area contributed by atoms with E-state index in [9.17, 15) is 10.2 Å². The number of rotatable bonds is 16. The van der Waals surface area contributed by atoms with E-state index >= 15 is 0 Å². The zero-order valence-electron chi connectivity index (χ0n) is 30.5. The third-order valence-electron chi connectivity index (χ3n) is 8.77. The molecule has 4 unspecified atom stereocenters. The van der Waals surface area contributed by atoms with E-state index < -0.39 is 24.8 Å². The van der Waals surface area contributed by atoms with Crippen LogP contribution < -0.4 is 9.47 Å². The van der Waals surface area contributed by atoms with Crippen molar-refractivity contribution in [3.05, 3.63) is 117 Å². The minimum atomic E-state index is -0.822. The maximum Gasteiger partial charge on any atom is 0.226 e. The molecule has 4 aromatic rings. The molecule has 49 heavy (non-hydrogen) atoms. The molecule has 0 aliphatic heterocycles. The minimum absolute atomic E-state index is 0.335. The Bertz CT molecular complexity index is 1500. The molecule has 2 N–H and O–H groups in total. The zero-order chi connectivity index (χ0) is 35.9. The average molecular weight is 705 g/mol. The molecule has 0 bridgehead atoms. The summed E-state index contributed by atoms with van der Waals surface area (Å²) in [6.07, 6.45) is 0.824. The molecule has 0 aliphatic carbocycles. The highest BCUT2D eigenvalue weighted by atomic mass is 32.2. The fourth-order valence-electron chi connectivity index (χ4n) is 5.74. The molecular weight excluding hydrogens is 653 g/mol. The molecule has 4 aromatic carbocycles. The van der Waals surface area contributed by atoms with Crippen molar-refractivity contribution in [2.75, 3.05) is 12.5 Å². The maximum absolute atomic E-state index is 10.5. The Morgan fingerprint density at radius 3 is 1.14 bits per heavy atom. The Morgan fingerprint density at radius 2 is 0.878 bits per heavy atom. The molecule has 0 heterocycles. The molecule has 0 saturated carbocycles. The first-order chi connectivity index (χ1) is 23.2. The smallest absolute Gasteiger partial charge is 0.226 e. The van der Waals surface area contributed by atoms with Gasteiger partial charge in [0.15, 0.2) is 0 Å². The van der Waals surface area contributed by atoms with Crippen molar-refractivity contribution in [3.8, 4) is 11.5 Å². The van der Waals surface area contributed by atoms with E-state index in [1.807, 2.05) is 64.5 Å². The monoisotopic (exact) mass is 704 g/mol. The quantitative estimate of drug-likeness (QED) is 0.0883. The number of ether oxygens (including phenoxy) is 4.